The van der Waals surface area contributed by atoms with E-state index in [1.165, 1.54) is 6.42 Å². The standard InChI is InChI=1S/C8H9NO.C3H8.H2/c10-7-9-6-8-4-2-1-3-5-8;1-3-2;/h1-5,7H,6H2,(H,9,10);3H2,1-2H3;1H. The molecule has 1 rings (SSSR count). The van der Waals surface area contributed by atoms with Crippen molar-refractivity contribution in [1.29, 1.82) is 0 Å². The highest BCUT2D eigenvalue weighted by Crippen LogP contribution is 1.95. The molecular formula is C11H19NO. The number of rotatable bonds is 3. The Morgan fingerprint density at radius 1 is 1.31 bits per heavy atom. The Hall–Kier alpha value is -1.31. The molecule has 74 valence electrons. The van der Waals surface area contributed by atoms with Crippen LogP contribution in [0.4, 0.5) is 0 Å². The predicted octanol–water partition coefficient (Wildman–Crippen LogP) is 2.59. The molecule has 2 nitrogen and oxygen atoms in total. The molecule has 0 aliphatic carbocycles. The first-order valence-corrected chi connectivity index (χ1v) is 4.56. The van der Waals surface area contributed by atoms with Crippen molar-refractivity contribution in [2.24, 2.45) is 0 Å². The Morgan fingerprint density at radius 3 is 2.31 bits per heavy atom. The fourth-order valence-electron chi connectivity index (χ4n) is 0.755. The summed E-state index contributed by atoms with van der Waals surface area (Å²) < 4.78 is 0. The highest BCUT2D eigenvalue weighted by Gasteiger charge is 1.85. The first-order valence-electron chi connectivity index (χ1n) is 4.56. The molecule has 0 heterocycles. The van der Waals surface area contributed by atoms with Crippen LogP contribution in [0.25, 0.3) is 0 Å². The third-order valence-electron chi connectivity index (χ3n) is 1.23. The lowest BCUT2D eigenvalue weighted by Gasteiger charge is -1.96. The highest BCUT2D eigenvalue weighted by molar-refractivity contribution is 5.46. The number of carbonyl (C=O) groups is 1. The minimum Gasteiger partial charge on any atom is -0.355 e. The minimum atomic E-state index is 0. The molecule has 0 saturated carbocycles. The summed E-state index contributed by atoms with van der Waals surface area (Å²) in [5.74, 6) is 0. The van der Waals surface area contributed by atoms with E-state index in [4.69, 9.17) is 0 Å². The highest BCUT2D eigenvalue weighted by atomic mass is 16.1. The lowest BCUT2D eigenvalue weighted by atomic mass is 10.2. The SMILES string of the molecule is CCC.O=CNCc1ccccc1.[HH]. The molecule has 0 atom stereocenters. The average Bonchev–Trinajstić information content (AvgIpc) is 2.18. The molecule has 1 aromatic rings. The summed E-state index contributed by atoms with van der Waals surface area (Å²) in [6.45, 7) is 4.87. The fraction of sp³-hybridized carbons (Fsp3) is 0.364. The van der Waals surface area contributed by atoms with Crippen LogP contribution in [0.2, 0.25) is 0 Å². The monoisotopic (exact) mass is 181 g/mol. The smallest absolute Gasteiger partial charge is 0.207 e. The molecule has 0 aromatic heterocycles. The molecule has 1 N–H and O–H groups in total. The van der Waals surface area contributed by atoms with Gasteiger partial charge >= 0.3 is 0 Å². The molecule has 0 radical (unpaired) electrons. The summed E-state index contributed by atoms with van der Waals surface area (Å²) in [5.41, 5.74) is 1.12. The van der Waals surface area contributed by atoms with Gasteiger partial charge in [0.25, 0.3) is 0 Å². The first kappa shape index (κ1) is 11.7. The van der Waals surface area contributed by atoms with Gasteiger partial charge in [0.1, 0.15) is 0 Å². The normalized spacial score (nSPS) is 8.15. The summed E-state index contributed by atoms with van der Waals surface area (Å²) in [4.78, 5) is 9.87. The van der Waals surface area contributed by atoms with Gasteiger partial charge in [0.05, 0.1) is 0 Å². The molecule has 0 bridgehead atoms. The summed E-state index contributed by atoms with van der Waals surface area (Å²) in [6.07, 6.45) is 1.95. The zero-order chi connectivity index (χ0) is 9.94. The molecule has 13 heavy (non-hydrogen) atoms. The topological polar surface area (TPSA) is 29.1 Å². The molecule has 0 unspecified atom stereocenters. The second-order valence-electron chi connectivity index (χ2n) is 2.69. The van der Waals surface area contributed by atoms with Gasteiger partial charge in [-0.15, -0.1) is 0 Å². The molecule has 0 aliphatic heterocycles. The molecule has 1 aromatic carbocycles. The second kappa shape index (κ2) is 8.78. The van der Waals surface area contributed by atoms with E-state index in [2.05, 4.69) is 19.2 Å². The Labute approximate surface area is 81.5 Å². The largest absolute Gasteiger partial charge is 0.355 e. The van der Waals surface area contributed by atoms with E-state index in [1.807, 2.05) is 30.3 Å². The van der Waals surface area contributed by atoms with Gasteiger partial charge in [-0.25, -0.2) is 0 Å². The first-order chi connectivity index (χ1) is 6.35. The van der Waals surface area contributed by atoms with Crippen LogP contribution in [-0.4, -0.2) is 6.41 Å². The van der Waals surface area contributed by atoms with Crippen molar-refractivity contribution in [2.75, 3.05) is 0 Å². The zero-order valence-electron chi connectivity index (χ0n) is 8.29. The van der Waals surface area contributed by atoms with Crippen LogP contribution in [0.3, 0.4) is 0 Å². The molecular weight excluding hydrogens is 162 g/mol. The van der Waals surface area contributed by atoms with Crippen LogP contribution in [0.5, 0.6) is 0 Å². The summed E-state index contributed by atoms with van der Waals surface area (Å²) in [5, 5.41) is 2.58. The van der Waals surface area contributed by atoms with Gasteiger partial charge in [-0.3, -0.25) is 4.79 Å². The zero-order valence-corrected chi connectivity index (χ0v) is 8.29. The molecule has 1 amide bonds. The van der Waals surface area contributed by atoms with Crippen LogP contribution >= 0.6 is 0 Å². The van der Waals surface area contributed by atoms with Crippen molar-refractivity contribution in [1.82, 2.24) is 5.32 Å². The van der Waals surface area contributed by atoms with E-state index in [-0.39, 0.29) is 1.43 Å². The number of benzene rings is 1. The fourth-order valence-corrected chi connectivity index (χ4v) is 0.755. The van der Waals surface area contributed by atoms with Crippen LogP contribution in [-0.2, 0) is 11.3 Å². The van der Waals surface area contributed by atoms with Crippen molar-refractivity contribution < 1.29 is 6.22 Å². The predicted molar refractivity (Wildman–Crippen MR) is 57.4 cm³/mol. The molecule has 2 heteroatoms. The molecule has 0 aliphatic rings. The number of amides is 1. The van der Waals surface area contributed by atoms with E-state index in [1.54, 1.807) is 0 Å². The van der Waals surface area contributed by atoms with Gasteiger partial charge in [-0.05, 0) is 5.56 Å². The third kappa shape index (κ3) is 7.06. The van der Waals surface area contributed by atoms with Gasteiger partial charge in [0.15, 0.2) is 0 Å². The van der Waals surface area contributed by atoms with Gasteiger partial charge < -0.3 is 5.32 Å². The van der Waals surface area contributed by atoms with Crippen LogP contribution in [0.1, 0.15) is 27.3 Å². The Kier molecular flexibility index (Phi) is 7.90. The quantitative estimate of drug-likeness (QED) is 0.713. The number of hydrogen-bond acceptors (Lipinski definition) is 1. The van der Waals surface area contributed by atoms with Crippen molar-refractivity contribution >= 4 is 6.41 Å². The maximum atomic E-state index is 9.87. The van der Waals surface area contributed by atoms with Crippen molar-refractivity contribution in [2.45, 2.75) is 26.8 Å². The molecule has 0 fully saturated rings. The van der Waals surface area contributed by atoms with Crippen LogP contribution in [0, 0.1) is 0 Å². The number of nitrogens with one attached hydrogen (secondary N) is 1. The molecule has 0 spiro atoms. The van der Waals surface area contributed by atoms with E-state index in [0.717, 1.165) is 5.56 Å². The van der Waals surface area contributed by atoms with Gasteiger partial charge in [-0.2, -0.15) is 0 Å². The Morgan fingerprint density at radius 2 is 1.85 bits per heavy atom. The van der Waals surface area contributed by atoms with Gasteiger partial charge in [0, 0.05) is 7.97 Å². The summed E-state index contributed by atoms with van der Waals surface area (Å²) >= 11 is 0. The Balaban J connectivity index is 0. The summed E-state index contributed by atoms with van der Waals surface area (Å²) in [7, 11) is 0. The third-order valence-corrected chi connectivity index (χ3v) is 1.23. The van der Waals surface area contributed by atoms with E-state index >= 15 is 0 Å². The van der Waals surface area contributed by atoms with E-state index < -0.39 is 0 Å². The maximum absolute atomic E-state index is 9.87. The maximum Gasteiger partial charge on any atom is 0.207 e. The lowest BCUT2D eigenvalue weighted by Crippen LogP contribution is -2.09. The van der Waals surface area contributed by atoms with E-state index in [9.17, 15) is 4.79 Å². The van der Waals surface area contributed by atoms with Crippen molar-refractivity contribution in [3.05, 3.63) is 35.9 Å². The number of carbonyl (C=O) groups excluding carboxylic acids is 1. The minimum absolute atomic E-state index is 0. The lowest BCUT2D eigenvalue weighted by molar-refractivity contribution is -0.109. The van der Waals surface area contributed by atoms with E-state index in [0.29, 0.717) is 13.0 Å². The van der Waals surface area contributed by atoms with Gasteiger partial charge in [0.2, 0.25) is 6.41 Å². The second-order valence-corrected chi connectivity index (χ2v) is 2.69. The molecule has 0 saturated heterocycles. The van der Waals surface area contributed by atoms with Crippen molar-refractivity contribution in [3.8, 4) is 0 Å². The number of hydrogen-bond donors (Lipinski definition) is 1. The van der Waals surface area contributed by atoms with Crippen LogP contribution < -0.4 is 5.32 Å². The van der Waals surface area contributed by atoms with Crippen LogP contribution in [0.15, 0.2) is 30.3 Å². The van der Waals surface area contributed by atoms with Gasteiger partial charge in [-0.1, -0.05) is 50.6 Å². The Bertz CT molecular complexity index is 214. The average molecular weight is 181 g/mol. The van der Waals surface area contributed by atoms with Crippen molar-refractivity contribution in [3.63, 3.8) is 0 Å². The summed E-state index contributed by atoms with van der Waals surface area (Å²) in [6, 6.07) is 9.78.